The Balaban J connectivity index is 0.978. The fourth-order valence-corrected chi connectivity index (χ4v) is 10.8. The minimum absolute atomic E-state index is 0.0976. The first kappa shape index (κ1) is 34.8. The van der Waals surface area contributed by atoms with Gasteiger partial charge in [0.15, 0.2) is 5.82 Å². The molecule has 1 aliphatic rings. The van der Waals surface area contributed by atoms with Gasteiger partial charge in [-0.25, -0.2) is 9.97 Å². The Hall–Kier alpha value is -7.20. The maximum atomic E-state index is 5.30. The smallest absolute Gasteiger partial charge is 0.160 e. The molecule has 0 saturated heterocycles. The van der Waals surface area contributed by atoms with Crippen molar-refractivity contribution in [3.05, 3.63) is 205 Å². The molecule has 9 aromatic carbocycles. The van der Waals surface area contributed by atoms with E-state index in [4.69, 9.17) is 9.97 Å². The molecule has 2 aromatic heterocycles. The first-order chi connectivity index (χ1) is 29.5. The van der Waals surface area contributed by atoms with Gasteiger partial charge in [-0.15, -0.1) is 11.3 Å². The van der Waals surface area contributed by atoms with Crippen LogP contribution >= 0.6 is 11.3 Å². The minimum Gasteiger partial charge on any atom is -0.228 e. The van der Waals surface area contributed by atoms with Crippen LogP contribution < -0.4 is 0 Å². The molecule has 0 unspecified atom stereocenters. The molecule has 0 amide bonds. The van der Waals surface area contributed by atoms with Gasteiger partial charge < -0.3 is 0 Å². The summed E-state index contributed by atoms with van der Waals surface area (Å²) >= 11 is 1.83. The first-order valence-corrected chi connectivity index (χ1v) is 21.5. The van der Waals surface area contributed by atoms with Gasteiger partial charge in [0.25, 0.3) is 0 Å². The number of nitrogens with zero attached hydrogens (tertiary/aromatic N) is 2. The van der Waals surface area contributed by atoms with Gasteiger partial charge >= 0.3 is 0 Å². The molecule has 282 valence electrons. The maximum Gasteiger partial charge on any atom is 0.160 e. The fourth-order valence-electron chi connectivity index (χ4n) is 9.67. The SMILES string of the molecule is CC1(C)c2cc(-c3cccc(-c4ccc(-c5cc(-c6cccc7sc8ccccc8c67)nc(-c6ccccc6)n5)c5ccccc45)c3)ccc2-c2cc3ccccc3cc21. The normalized spacial score (nSPS) is 13.0. The lowest BCUT2D eigenvalue weighted by Crippen LogP contribution is -2.15. The molecule has 0 atom stereocenters. The van der Waals surface area contributed by atoms with E-state index in [1.54, 1.807) is 0 Å². The van der Waals surface area contributed by atoms with Crippen LogP contribution in [0.1, 0.15) is 25.0 Å². The van der Waals surface area contributed by atoms with E-state index in [0.717, 1.165) is 39.3 Å². The third-order valence-corrected chi connectivity index (χ3v) is 13.8. The highest BCUT2D eigenvalue weighted by molar-refractivity contribution is 7.25. The van der Waals surface area contributed by atoms with E-state index in [0.29, 0.717) is 0 Å². The monoisotopic (exact) mass is 782 g/mol. The molecule has 0 aliphatic heterocycles. The third kappa shape index (κ3) is 5.47. The van der Waals surface area contributed by atoms with Crippen LogP contribution in [-0.2, 0) is 5.41 Å². The minimum atomic E-state index is -0.0976. The second-order valence-corrected chi connectivity index (χ2v) is 17.6. The summed E-state index contributed by atoms with van der Waals surface area (Å²) in [5.74, 6) is 0.717. The van der Waals surface area contributed by atoms with Crippen molar-refractivity contribution in [1.82, 2.24) is 9.97 Å². The van der Waals surface area contributed by atoms with Gasteiger partial charge in [-0.05, 0) is 109 Å². The largest absolute Gasteiger partial charge is 0.228 e. The molecular formula is C57H38N2S. The van der Waals surface area contributed by atoms with Gasteiger partial charge in [0.05, 0.1) is 11.4 Å². The predicted molar refractivity (Wildman–Crippen MR) is 255 cm³/mol. The lowest BCUT2D eigenvalue weighted by atomic mass is 9.81. The molecule has 0 saturated carbocycles. The molecule has 0 bridgehead atoms. The number of rotatable bonds is 5. The molecule has 2 nitrogen and oxygen atoms in total. The molecule has 11 aromatic rings. The zero-order valence-corrected chi connectivity index (χ0v) is 34.1. The lowest BCUT2D eigenvalue weighted by molar-refractivity contribution is 0.661. The second kappa shape index (κ2) is 13.4. The van der Waals surface area contributed by atoms with Crippen molar-refractivity contribution in [3.8, 4) is 67.3 Å². The molecule has 3 heteroatoms. The molecule has 0 spiro atoms. The summed E-state index contributed by atoms with van der Waals surface area (Å²) < 4.78 is 2.54. The van der Waals surface area contributed by atoms with Crippen LogP contribution in [0.5, 0.6) is 0 Å². The summed E-state index contributed by atoms with van der Waals surface area (Å²) in [7, 11) is 0. The number of aromatic nitrogens is 2. The van der Waals surface area contributed by atoms with Gasteiger partial charge in [0, 0.05) is 42.3 Å². The summed E-state index contributed by atoms with van der Waals surface area (Å²) in [6.07, 6.45) is 0. The second-order valence-electron chi connectivity index (χ2n) is 16.5. The Bertz CT molecular complexity index is 3520. The van der Waals surface area contributed by atoms with E-state index in [9.17, 15) is 0 Å². The number of benzene rings is 9. The van der Waals surface area contributed by atoms with Gasteiger partial charge in [0.1, 0.15) is 0 Å². The number of hydrogen-bond acceptors (Lipinski definition) is 3. The number of fused-ring (bicyclic) bond motifs is 8. The number of hydrogen-bond donors (Lipinski definition) is 0. The summed E-state index contributed by atoms with van der Waals surface area (Å²) in [5.41, 5.74) is 15.2. The average molecular weight is 783 g/mol. The summed E-state index contributed by atoms with van der Waals surface area (Å²) in [6, 6.07) is 70.7. The van der Waals surface area contributed by atoms with E-state index < -0.39 is 0 Å². The highest BCUT2D eigenvalue weighted by Crippen LogP contribution is 2.51. The van der Waals surface area contributed by atoms with E-state index in [-0.39, 0.29) is 5.41 Å². The van der Waals surface area contributed by atoms with Gasteiger partial charge in [0.2, 0.25) is 0 Å². The third-order valence-electron chi connectivity index (χ3n) is 12.7. The van der Waals surface area contributed by atoms with E-state index in [2.05, 4.69) is 202 Å². The van der Waals surface area contributed by atoms with Gasteiger partial charge in [-0.2, -0.15) is 0 Å². The first-order valence-electron chi connectivity index (χ1n) is 20.6. The van der Waals surface area contributed by atoms with Crippen LogP contribution in [-0.4, -0.2) is 9.97 Å². The summed E-state index contributed by atoms with van der Waals surface area (Å²) in [5, 5.41) is 7.44. The Morgan fingerprint density at radius 3 is 1.78 bits per heavy atom. The van der Waals surface area contributed by atoms with E-state index in [1.165, 1.54) is 80.8 Å². The van der Waals surface area contributed by atoms with Crippen LogP contribution in [0.25, 0.3) is 109 Å². The highest BCUT2D eigenvalue weighted by Gasteiger charge is 2.36. The van der Waals surface area contributed by atoms with Crippen molar-refractivity contribution in [2.75, 3.05) is 0 Å². The van der Waals surface area contributed by atoms with Crippen molar-refractivity contribution in [1.29, 1.82) is 0 Å². The van der Waals surface area contributed by atoms with E-state index in [1.807, 2.05) is 17.4 Å². The van der Waals surface area contributed by atoms with Crippen molar-refractivity contribution in [2.45, 2.75) is 19.3 Å². The fraction of sp³-hybridized carbons (Fsp3) is 0.0526. The zero-order valence-electron chi connectivity index (χ0n) is 33.3. The van der Waals surface area contributed by atoms with Crippen molar-refractivity contribution in [2.24, 2.45) is 0 Å². The van der Waals surface area contributed by atoms with Gasteiger partial charge in [-0.3, -0.25) is 0 Å². The van der Waals surface area contributed by atoms with Crippen molar-refractivity contribution < 1.29 is 0 Å². The van der Waals surface area contributed by atoms with Crippen LogP contribution in [0, 0.1) is 0 Å². The molecule has 0 fully saturated rings. The zero-order chi connectivity index (χ0) is 40.0. The highest BCUT2D eigenvalue weighted by atomic mass is 32.1. The Labute approximate surface area is 353 Å². The molecule has 0 N–H and O–H groups in total. The Morgan fingerprint density at radius 2 is 0.950 bits per heavy atom. The molecular weight excluding hydrogens is 745 g/mol. The quantitative estimate of drug-likeness (QED) is 0.174. The number of thiophene rings is 1. The Morgan fingerprint density at radius 1 is 0.367 bits per heavy atom. The van der Waals surface area contributed by atoms with Crippen molar-refractivity contribution in [3.63, 3.8) is 0 Å². The topological polar surface area (TPSA) is 25.8 Å². The molecule has 1 aliphatic carbocycles. The predicted octanol–water partition coefficient (Wildman–Crippen LogP) is 15.8. The standard InChI is InChI=1S/C57H38N2S/c1-57(2)49-33-39(26-27-44(49)48-31-37-16-6-7-17-38(37)32-50(48)57)36-18-12-19-40(30-36)41-28-29-45(43-21-9-8-20-42(41)43)51-34-52(59-56(58-51)35-14-4-3-5-15-35)46-23-13-25-54-55(46)47-22-10-11-24-53(47)60-54/h3-34H,1-2H3. The van der Waals surface area contributed by atoms with Crippen molar-refractivity contribution >= 4 is 53.1 Å². The maximum absolute atomic E-state index is 5.30. The average Bonchev–Trinajstić information content (AvgIpc) is 3.79. The van der Waals surface area contributed by atoms with Gasteiger partial charge in [-0.1, -0.05) is 166 Å². The van der Waals surface area contributed by atoms with Crippen LogP contribution in [0.15, 0.2) is 194 Å². The molecule has 0 radical (unpaired) electrons. The summed E-state index contributed by atoms with van der Waals surface area (Å²) in [4.78, 5) is 10.6. The lowest BCUT2D eigenvalue weighted by Gasteiger charge is -2.22. The summed E-state index contributed by atoms with van der Waals surface area (Å²) in [6.45, 7) is 4.74. The van der Waals surface area contributed by atoms with Crippen LogP contribution in [0.4, 0.5) is 0 Å². The molecule has 60 heavy (non-hydrogen) atoms. The Kier molecular flexibility index (Phi) is 7.79. The van der Waals surface area contributed by atoms with Crippen LogP contribution in [0.3, 0.4) is 0 Å². The molecule has 2 heterocycles. The van der Waals surface area contributed by atoms with E-state index >= 15 is 0 Å². The van der Waals surface area contributed by atoms with Crippen LogP contribution in [0.2, 0.25) is 0 Å². The molecule has 12 rings (SSSR count).